The fourth-order valence-electron chi connectivity index (χ4n) is 1.10. The first-order valence-electron chi connectivity index (χ1n) is 5.08. The molecular weight excluding hydrogens is 260 g/mol. The summed E-state index contributed by atoms with van der Waals surface area (Å²) in [7, 11) is 0. The standard InChI is InChI=1S/C10H13ClN4O3/c1-10(2,12)5-14-9(16)7-3-6(15(17)18)4-13-8(7)11/h3-4H,5,12H2,1-2H3,(H,14,16). The summed E-state index contributed by atoms with van der Waals surface area (Å²) in [5.74, 6) is -0.547. The maximum atomic E-state index is 11.8. The molecule has 0 saturated carbocycles. The molecule has 1 aromatic heterocycles. The number of nitrogens with two attached hydrogens (primary N) is 1. The average molecular weight is 273 g/mol. The van der Waals surface area contributed by atoms with Crippen molar-refractivity contribution in [1.29, 1.82) is 0 Å². The second kappa shape index (κ2) is 5.28. The normalized spacial score (nSPS) is 11.1. The van der Waals surface area contributed by atoms with Gasteiger partial charge in [0.15, 0.2) is 0 Å². The van der Waals surface area contributed by atoms with E-state index in [9.17, 15) is 14.9 Å². The molecule has 1 heterocycles. The first kappa shape index (κ1) is 14.3. The van der Waals surface area contributed by atoms with Gasteiger partial charge in [0.25, 0.3) is 11.6 Å². The van der Waals surface area contributed by atoms with Crippen molar-refractivity contribution in [3.8, 4) is 0 Å². The Morgan fingerprint density at radius 1 is 1.67 bits per heavy atom. The van der Waals surface area contributed by atoms with Crippen molar-refractivity contribution in [1.82, 2.24) is 10.3 Å². The third-order valence-electron chi connectivity index (χ3n) is 1.98. The molecule has 18 heavy (non-hydrogen) atoms. The molecule has 8 heteroatoms. The fraction of sp³-hybridized carbons (Fsp3) is 0.400. The Morgan fingerprint density at radius 2 is 2.28 bits per heavy atom. The Labute approximate surface area is 108 Å². The lowest BCUT2D eigenvalue weighted by atomic mass is 10.1. The zero-order valence-electron chi connectivity index (χ0n) is 9.94. The highest BCUT2D eigenvalue weighted by Crippen LogP contribution is 2.18. The first-order valence-corrected chi connectivity index (χ1v) is 5.45. The van der Waals surface area contributed by atoms with E-state index in [1.165, 1.54) is 0 Å². The lowest BCUT2D eigenvalue weighted by molar-refractivity contribution is -0.385. The summed E-state index contributed by atoms with van der Waals surface area (Å²) in [5, 5.41) is 13.0. The van der Waals surface area contributed by atoms with Gasteiger partial charge in [0, 0.05) is 18.2 Å². The molecule has 0 aliphatic rings. The summed E-state index contributed by atoms with van der Waals surface area (Å²) in [4.78, 5) is 25.3. The van der Waals surface area contributed by atoms with Crippen molar-refractivity contribution < 1.29 is 9.72 Å². The molecule has 0 saturated heterocycles. The molecule has 1 aromatic rings. The molecule has 0 bridgehead atoms. The van der Waals surface area contributed by atoms with E-state index in [1.807, 2.05) is 0 Å². The number of pyridine rings is 1. The molecule has 0 fully saturated rings. The van der Waals surface area contributed by atoms with Crippen LogP contribution in [0.25, 0.3) is 0 Å². The highest BCUT2D eigenvalue weighted by atomic mass is 35.5. The van der Waals surface area contributed by atoms with Crippen LogP contribution in [0.2, 0.25) is 5.15 Å². The van der Waals surface area contributed by atoms with E-state index in [2.05, 4.69) is 10.3 Å². The quantitative estimate of drug-likeness (QED) is 0.484. The fourth-order valence-corrected chi connectivity index (χ4v) is 1.29. The molecule has 0 radical (unpaired) electrons. The number of amides is 1. The van der Waals surface area contributed by atoms with Crippen molar-refractivity contribution >= 4 is 23.2 Å². The number of carbonyl (C=O) groups is 1. The largest absolute Gasteiger partial charge is 0.350 e. The number of carbonyl (C=O) groups excluding carboxylic acids is 1. The van der Waals surface area contributed by atoms with E-state index in [4.69, 9.17) is 17.3 Å². The van der Waals surface area contributed by atoms with Crippen LogP contribution < -0.4 is 11.1 Å². The lowest BCUT2D eigenvalue weighted by Crippen LogP contribution is -2.45. The number of hydrogen-bond acceptors (Lipinski definition) is 5. The Bertz CT molecular complexity index is 485. The maximum absolute atomic E-state index is 11.8. The Hall–Kier alpha value is -1.73. The van der Waals surface area contributed by atoms with E-state index in [1.54, 1.807) is 13.8 Å². The molecule has 1 amide bonds. The van der Waals surface area contributed by atoms with Gasteiger partial charge in [0.1, 0.15) is 11.3 Å². The number of nitrogens with zero attached hydrogens (tertiary/aromatic N) is 2. The molecule has 3 N–H and O–H groups in total. The summed E-state index contributed by atoms with van der Waals surface area (Å²) < 4.78 is 0. The molecular formula is C10H13ClN4O3. The zero-order chi connectivity index (χ0) is 13.9. The monoisotopic (exact) mass is 272 g/mol. The van der Waals surface area contributed by atoms with Gasteiger partial charge in [-0.2, -0.15) is 0 Å². The van der Waals surface area contributed by atoms with E-state index in [0.29, 0.717) is 0 Å². The van der Waals surface area contributed by atoms with E-state index >= 15 is 0 Å². The van der Waals surface area contributed by atoms with Gasteiger partial charge in [0.05, 0.1) is 10.5 Å². The Morgan fingerprint density at radius 3 is 2.78 bits per heavy atom. The summed E-state index contributed by atoms with van der Waals surface area (Å²) in [5.41, 5.74) is 4.78. The third kappa shape index (κ3) is 3.94. The van der Waals surface area contributed by atoms with Crippen molar-refractivity contribution in [3.05, 3.63) is 33.1 Å². The Kier molecular flexibility index (Phi) is 4.20. The van der Waals surface area contributed by atoms with Gasteiger partial charge in [-0.25, -0.2) is 4.98 Å². The minimum absolute atomic E-state index is 0.0462. The van der Waals surface area contributed by atoms with Crippen molar-refractivity contribution in [2.45, 2.75) is 19.4 Å². The number of rotatable bonds is 4. The van der Waals surface area contributed by atoms with Gasteiger partial charge in [0.2, 0.25) is 0 Å². The van der Waals surface area contributed by atoms with Gasteiger partial charge in [-0.15, -0.1) is 0 Å². The average Bonchev–Trinajstić information content (AvgIpc) is 2.25. The number of aromatic nitrogens is 1. The molecule has 0 unspecified atom stereocenters. The SMILES string of the molecule is CC(C)(N)CNC(=O)c1cc([N+](=O)[O-])cnc1Cl. The van der Waals surface area contributed by atoms with Crippen LogP contribution >= 0.6 is 11.6 Å². The lowest BCUT2D eigenvalue weighted by Gasteiger charge is -2.18. The minimum Gasteiger partial charge on any atom is -0.350 e. The van der Waals surface area contributed by atoms with Crippen LogP contribution in [-0.4, -0.2) is 27.9 Å². The van der Waals surface area contributed by atoms with Crippen LogP contribution in [0.4, 0.5) is 5.69 Å². The number of hydrogen-bond donors (Lipinski definition) is 2. The van der Waals surface area contributed by atoms with Crippen LogP contribution in [0.5, 0.6) is 0 Å². The predicted molar refractivity (Wildman–Crippen MR) is 66.5 cm³/mol. The van der Waals surface area contributed by atoms with E-state index in [-0.39, 0.29) is 22.9 Å². The summed E-state index contributed by atoms with van der Waals surface area (Å²) in [6, 6.07) is 1.08. The van der Waals surface area contributed by atoms with E-state index in [0.717, 1.165) is 12.3 Å². The van der Waals surface area contributed by atoms with Gasteiger partial charge in [-0.1, -0.05) is 11.6 Å². The zero-order valence-corrected chi connectivity index (χ0v) is 10.7. The van der Waals surface area contributed by atoms with E-state index < -0.39 is 16.4 Å². The van der Waals surface area contributed by atoms with Crippen LogP contribution in [0.1, 0.15) is 24.2 Å². The smallest absolute Gasteiger partial charge is 0.288 e. The number of nitrogens with one attached hydrogen (secondary N) is 1. The molecule has 0 spiro atoms. The first-order chi connectivity index (χ1) is 8.20. The highest BCUT2D eigenvalue weighted by molar-refractivity contribution is 6.32. The van der Waals surface area contributed by atoms with Gasteiger partial charge in [-0.05, 0) is 13.8 Å². The minimum atomic E-state index is -0.646. The molecule has 0 aromatic carbocycles. The molecule has 98 valence electrons. The van der Waals surface area contributed by atoms with Crippen molar-refractivity contribution in [2.24, 2.45) is 5.73 Å². The third-order valence-corrected chi connectivity index (χ3v) is 2.29. The molecule has 0 atom stereocenters. The van der Waals surface area contributed by atoms with Crippen LogP contribution in [0.3, 0.4) is 0 Å². The Balaban J connectivity index is 2.91. The highest BCUT2D eigenvalue weighted by Gasteiger charge is 2.19. The van der Waals surface area contributed by atoms with Crippen molar-refractivity contribution in [2.75, 3.05) is 6.54 Å². The molecule has 0 aliphatic heterocycles. The van der Waals surface area contributed by atoms with Gasteiger partial charge >= 0.3 is 0 Å². The second-order valence-electron chi connectivity index (χ2n) is 4.46. The van der Waals surface area contributed by atoms with Crippen LogP contribution in [0.15, 0.2) is 12.3 Å². The molecule has 0 aliphatic carbocycles. The summed E-state index contributed by atoms with van der Waals surface area (Å²) in [6.45, 7) is 3.69. The van der Waals surface area contributed by atoms with Gasteiger partial charge < -0.3 is 11.1 Å². The molecule has 1 rings (SSSR count). The number of halogens is 1. The topological polar surface area (TPSA) is 111 Å². The second-order valence-corrected chi connectivity index (χ2v) is 4.82. The predicted octanol–water partition coefficient (Wildman–Crippen LogP) is 1.11. The number of nitro groups is 1. The van der Waals surface area contributed by atoms with Gasteiger partial charge in [-0.3, -0.25) is 14.9 Å². The summed E-state index contributed by atoms with van der Waals surface area (Å²) >= 11 is 5.72. The van der Waals surface area contributed by atoms with Crippen molar-refractivity contribution in [3.63, 3.8) is 0 Å². The van der Waals surface area contributed by atoms with Crippen LogP contribution in [-0.2, 0) is 0 Å². The van der Waals surface area contributed by atoms with Crippen LogP contribution in [0, 0.1) is 10.1 Å². The maximum Gasteiger partial charge on any atom is 0.288 e. The summed E-state index contributed by atoms with van der Waals surface area (Å²) in [6.07, 6.45) is 0.992. The molecule has 7 nitrogen and oxygen atoms in total.